The van der Waals surface area contributed by atoms with Crippen LogP contribution in [0.5, 0.6) is 34.5 Å². The van der Waals surface area contributed by atoms with E-state index in [2.05, 4.69) is 0 Å². The fourth-order valence-electron chi connectivity index (χ4n) is 6.80. The first-order valence-corrected chi connectivity index (χ1v) is 19.8. The zero-order valence-corrected chi connectivity index (χ0v) is 30.2. The Bertz CT molecular complexity index is 2400. The quantitative estimate of drug-likeness (QED) is 0.112. The van der Waals surface area contributed by atoms with Gasteiger partial charge >= 0.3 is 12.6 Å². The smallest absolute Gasteiger partial charge is 0.493 e. The van der Waals surface area contributed by atoms with Crippen LogP contribution in [0.1, 0.15) is 0 Å². The van der Waals surface area contributed by atoms with Crippen molar-refractivity contribution in [3.63, 3.8) is 0 Å². The monoisotopic (exact) mass is 774 g/mol. The molecule has 54 heavy (non-hydrogen) atoms. The number of hydrogen-bond acceptors (Lipinski definition) is 8. The molecule has 0 fully saturated rings. The average Bonchev–Trinajstić information content (AvgIpc) is 3.71. The van der Waals surface area contributed by atoms with Crippen LogP contribution in [0, 0.1) is 0 Å². The summed E-state index contributed by atoms with van der Waals surface area (Å²) < 4.78 is 125. The molecule has 6 aromatic rings. The number of ether oxygens (including phenoxy) is 6. The molecule has 0 aromatic heterocycles. The summed E-state index contributed by atoms with van der Waals surface area (Å²) >= 11 is 0. The normalized spacial score (nSPS) is 15.1. The van der Waals surface area contributed by atoms with Crippen molar-refractivity contribution >= 4 is 46.1 Å². The number of methoxy groups -OCH3 is 2. The lowest BCUT2D eigenvalue weighted by Gasteiger charge is -2.27. The van der Waals surface area contributed by atoms with Crippen LogP contribution in [0.4, 0.5) is 17.6 Å². The number of halogens is 4. The summed E-state index contributed by atoms with van der Waals surface area (Å²) in [6.07, 6.45) is -8.57. The maximum atomic E-state index is 16.1. The standard InChI is InChI=1S/C40H28F4O8P2/c1-47-30-24-31(53(45,25-15-7-3-8-16-25)26-17-9-4-10-18-26)33(37-35(30)50-40(43,44)51-37)29-23-32(36(48-2)38-34(29)49-39(41,42)52-38)54(46,27-19-11-5-12-20-27)28-21-13-6-14-22-28/h3-24H,1-2H3. The van der Waals surface area contributed by atoms with Gasteiger partial charge in [0.2, 0.25) is 11.5 Å². The molecule has 14 heteroatoms. The highest BCUT2D eigenvalue weighted by atomic mass is 31.2. The van der Waals surface area contributed by atoms with Crippen LogP contribution in [0.15, 0.2) is 133 Å². The van der Waals surface area contributed by atoms with Crippen molar-refractivity contribution in [1.29, 1.82) is 0 Å². The van der Waals surface area contributed by atoms with E-state index in [1.165, 1.54) is 26.4 Å². The molecule has 0 saturated carbocycles. The third-order valence-corrected chi connectivity index (χ3v) is 15.2. The third-order valence-electron chi connectivity index (χ3n) is 9.09. The molecule has 6 aromatic carbocycles. The van der Waals surface area contributed by atoms with Crippen molar-refractivity contribution in [1.82, 2.24) is 0 Å². The minimum Gasteiger partial charge on any atom is -0.493 e. The molecule has 0 N–H and O–H groups in total. The van der Waals surface area contributed by atoms with Gasteiger partial charge in [-0.15, -0.1) is 17.6 Å². The Morgan fingerprint density at radius 1 is 0.481 bits per heavy atom. The summed E-state index contributed by atoms with van der Waals surface area (Å²) in [7, 11) is -5.90. The molecule has 2 heterocycles. The second-order valence-electron chi connectivity index (χ2n) is 12.2. The zero-order valence-electron chi connectivity index (χ0n) is 28.4. The first-order valence-electron chi connectivity index (χ1n) is 16.4. The van der Waals surface area contributed by atoms with Gasteiger partial charge in [0.1, 0.15) is 0 Å². The SMILES string of the molecule is COc1cc(P(=O)(c2ccccc2)c2ccccc2)c(-c2cc(P(=O)(c3ccccc3)c3ccccc3)c(OC)c3c2OC(F)(F)O3)c2c1OC(F)(F)O2. The summed E-state index contributed by atoms with van der Waals surface area (Å²) in [6.45, 7) is 0. The van der Waals surface area contributed by atoms with Gasteiger partial charge in [-0.05, 0) is 12.1 Å². The Kier molecular flexibility index (Phi) is 8.51. The predicted octanol–water partition coefficient (Wildman–Crippen LogP) is 7.29. The van der Waals surface area contributed by atoms with Crippen molar-refractivity contribution in [2.75, 3.05) is 14.2 Å². The molecule has 8 rings (SSSR count). The van der Waals surface area contributed by atoms with Gasteiger partial charge in [-0.1, -0.05) is 121 Å². The molecule has 0 amide bonds. The number of hydrogen-bond donors (Lipinski definition) is 0. The average molecular weight is 775 g/mol. The minimum atomic E-state index is -4.30. The molecule has 0 unspecified atom stereocenters. The lowest BCUT2D eigenvalue weighted by Crippen LogP contribution is -2.28. The molecule has 274 valence electrons. The molecular formula is C40H28F4O8P2. The Labute approximate surface area is 306 Å². The molecule has 0 atom stereocenters. The largest absolute Gasteiger partial charge is 0.586 e. The molecule has 0 radical (unpaired) electrons. The highest BCUT2D eigenvalue weighted by molar-refractivity contribution is 7.86. The van der Waals surface area contributed by atoms with Gasteiger partial charge in [0.15, 0.2) is 37.3 Å². The van der Waals surface area contributed by atoms with Gasteiger partial charge < -0.3 is 37.6 Å². The lowest BCUT2D eigenvalue weighted by molar-refractivity contribution is -0.288. The molecule has 0 spiro atoms. The molecule has 8 nitrogen and oxygen atoms in total. The van der Waals surface area contributed by atoms with Gasteiger partial charge in [0.05, 0.1) is 19.5 Å². The first-order chi connectivity index (χ1) is 25.9. The zero-order chi connectivity index (χ0) is 37.9. The Morgan fingerprint density at radius 3 is 1.30 bits per heavy atom. The van der Waals surface area contributed by atoms with Gasteiger partial charge in [-0.3, -0.25) is 0 Å². The minimum absolute atomic E-state index is 0.145. The second-order valence-corrected chi connectivity index (χ2v) is 17.6. The van der Waals surface area contributed by atoms with Crippen LogP contribution in [0.25, 0.3) is 11.1 Å². The fourth-order valence-corrected chi connectivity index (χ4v) is 12.5. The molecular weight excluding hydrogens is 746 g/mol. The van der Waals surface area contributed by atoms with E-state index in [-0.39, 0.29) is 54.5 Å². The first kappa shape index (κ1) is 35.3. The lowest BCUT2D eigenvalue weighted by atomic mass is 10.0. The van der Waals surface area contributed by atoms with E-state index in [1.54, 1.807) is 121 Å². The summed E-state index contributed by atoms with van der Waals surface area (Å²) in [5.41, 5.74) is -0.750. The van der Waals surface area contributed by atoms with E-state index in [9.17, 15) is 0 Å². The number of rotatable bonds is 9. The third kappa shape index (κ3) is 5.60. The van der Waals surface area contributed by atoms with Gasteiger partial charge in [-0.25, -0.2) is 0 Å². The van der Waals surface area contributed by atoms with Crippen molar-refractivity contribution in [3.8, 4) is 45.6 Å². The van der Waals surface area contributed by atoms with E-state index in [4.69, 9.17) is 28.4 Å². The van der Waals surface area contributed by atoms with E-state index in [0.29, 0.717) is 0 Å². The molecule has 0 bridgehead atoms. The molecule has 2 aliphatic heterocycles. The van der Waals surface area contributed by atoms with Gasteiger partial charge in [0.25, 0.3) is 0 Å². The topological polar surface area (TPSA) is 89.5 Å². The number of alkyl halides is 4. The molecule has 0 aliphatic carbocycles. The summed E-state index contributed by atoms with van der Waals surface area (Å²) in [5, 5.41) is 0.791. The van der Waals surface area contributed by atoms with Crippen molar-refractivity contribution < 1.29 is 55.1 Å². The Hall–Kier alpha value is -5.70. The van der Waals surface area contributed by atoms with Crippen LogP contribution in [-0.2, 0) is 9.13 Å². The molecule has 2 aliphatic rings. The van der Waals surface area contributed by atoms with Crippen LogP contribution >= 0.6 is 14.3 Å². The van der Waals surface area contributed by atoms with Gasteiger partial charge in [0, 0.05) is 37.6 Å². The maximum Gasteiger partial charge on any atom is 0.586 e. The molecule has 0 saturated heterocycles. The van der Waals surface area contributed by atoms with Crippen LogP contribution in [0.3, 0.4) is 0 Å². The Balaban J connectivity index is 1.57. The number of benzene rings is 6. The highest BCUT2D eigenvalue weighted by Crippen LogP contribution is 2.62. The maximum absolute atomic E-state index is 16.1. The summed E-state index contributed by atoms with van der Waals surface area (Å²) in [5.74, 6) is -3.26. The van der Waals surface area contributed by atoms with E-state index < -0.39 is 49.9 Å². The van der Waals surface area contributed by atoms with Crippen molar-refractivity contribution in [2.45, 2.75) is 12.6 Å². The van der Waals surface area contributed by atoms with Crippen LogP contribution < -0.4 is 60.2 Å². The number of fused-ring (bicyclic) bond motifs is 2. The van der Waals surface area contributed by atoms with Crippen molar-refractivity contribution in [3.05, 3.63) is 133 Å². The second kappa shape index (κ2) is 13.0. The van der Waals surface area contributed by atoms with E-state index in [0.717, 1.165) is 0 Å². The van der Waals surface area contributed by atoms with E-state index in [1.807, 2.05) is 0 Å². The summed E-state index contributed by atoms with van der Waals surface area (Å²) in [6, 6.07) is 35.4. The van der Waals surface area contributed by atoms with Crippen LogP contribution in [-0.4, -0.2) is 26.8 Å². The van der Waals surface area contributed by atoms with Gasteiger partial charge in [-0.2, -0.15) is 0 Å². The highest BCUT2D eigenvalue weighted by Gasteiger charge is 2.53. The van der Waals surface area contributed by atoms with Crippen LogP contribution in [0.2, 0.25) is 0 Å². The fraction of sp³-hybridized carbons (Fsp3) is 0.100. The predicted molar refractivity (Wildman–Crippen MR) is 196 cm³/mol. The van der Waals surface area contributed by atoms with E-state index >= 15 is 26.7 Å². The Morgan fingerprint density at radius 2 is 0.870 bits per heavy atom. The van der Waals surface area contributed by atoms with Crippen molar-refractivity contribution in [2.24, 2.45) is 0 Å². The summed E-state index contributed by atoms with van der Waals surface area (Å²) in [4.78, 5) is 0.